The van der Waals surface area contributed by atoms with Crippen molar-refractivity contribution in [2.24, 2.45) is 0 Å². The van der Waals surface area contributed by atoms with Gasteiger partial charge in [0, 0.05) is 30.9 Å². The lowest BCUT2D eigenvalue weighted by atomic mass is 10.0. The summed E-state index contributed by atoms with van der Waals surface area (Å²) < 4.78 is 1.82. The lowest BCUT2D eigenvalue weighted by Gasteiger charge is -2.15. The minimum atomic E-state index is 0.0511. The molecule has 0 saturated carbocycles. The van der Waals surface area contributed by atoms with Crippen LogP contribution in [0.4, 0.5) is 0 Å². The van der Waals surface area contributed by atoms with Crippen LogP contribution in [0.15, 0.2) is 30.5 Å². The van der Waals surface area contributed by atoms with Crippen molar-refractivity contribution in [1.29, 1.82) is 0 Å². The molecule has 1 amide bonds. The van der Waals surface area contributed by atoms with Crippen molar-refractivity contribution < 1.29 is 4.79 Å². The maximum Gasteiger partial charge on any atom is 0.259 e. The number of rotatable bonds is 3. The topological polar surface area (TPSA) is 50.5 Å². The lowest BCUT2D eigenvalue weighted by Crippen LogP contribution is -2.27. The number of aromatic nitrogens is 3. The third kappa shape index (κ3) is 2.87. The Hall–Kier alpha value is -2.69. The van der Waals surface area contributed by atoms with Gasteiger partial charge in [-0.1, -0.05) is 29.8 Å². The van der Waals surface area contributed by atoms with Crippen LogP contribution in [-0.2, 0) is 6.42 Å². The minimum absolute atomic E-state index is 0.0511. The van der Waals surface area contributed by atoms with Gasteiger partial charge in [-0.25, -0.2) is 9.50 Å². The molecular formula is C21H24N4O. The van der Waals surface area contributed by atoms with E-state index in [9.17, 15) is 4.79 Å². The number of amides is 1. The number of aryl methyl sites for hydroxylation is 3. The number of nitrogens with zero attached hydrogens (tertiary/aromatic N) is 4. The number of benzene rings is 1. The van der Waals surface area contributed by atoms with Gasteiger partial charge in [0.2, 0.25) is 0 Å². The average molecular weight is 348 g/mol. The molecule has 1 aliphatic rings. The quantitative estimate of drug-likeness (QED) is 0.728. The van der Waals surface area contributed by atoms with Gasteiger partial charge in [0.1, 0.15) is 5.56 Å². The molecule has 1 aliphatic heterocycles. The van der Waals surface area contributed by atoms with E-state index in [1.165, 1.54) is 16.7 Å². The predicted molar refractivity (Wildman–Crippen MR) is 102 cm³/mol. The molecule has 0 aliphatic carbocycles. The Bertz CT molecular complexity index is 983. The van der Waals surface area contributed by atoms with Gasteiger partial charge in [0.05, 0.1) is 6.20 Å². The highest BCUT2D eigenvalue weighted by atomic mass is 16.2. The zero-order chi connectivity index (χ0) is 18.3. The maximum atomic E-state index is 12.8. The Kier molecular flexibility index (Phi) is 4.23. The molecule has 5 nitrogen and oxygen atoms in total. The number of carbonyl (C=O) groups is 1. The highest BCUT2D eigenvalue weighted by molar-refractivity contribution is 5.99. The number of hydrogen-bond acceptors (Lipinski definition) is 3. The molecule has 0 radical (unpaired) electrons. The largest absolute Gasteiger partial charge is 0.338 e. The van der Waals surface area contributed by atoms with Crippen LogP contribution < -0.4 is 0 Å². The van der Waals surface area contributed by atoms with Gasteiger partial charge in [-0.3, -0.25) is 4.79 Å². The molecule has 0 N–H and O–H groups in total. The van der Waals surface area contributed by atoms with Gasteiger partial charge in [0.25, 0.3) is 5.91 Å². The van der Waals surface area contributed by atoms with E-state index in [1.807, 2.05) is 16.3 Å². The molecular weight excluding hydrogens is 324 g/mol. The molecule has 0 unspecified atom stereocenters. The Morgan fingerprint density at radius 2 is 1.92 bits per heavy atom. The van der Waals surface area contributed by atoms with E-state index < -0.39 is 0 Å². The van der Waals surface area contributed by atoms with Crippen LogP contribution in [0.25, 0.3) is 5.65 Å². The highest BCUT2D eigenvalue weighted by Gasteiger charge is 2.24. The van der Waals surface area contributed by atoms with Crippen molar-refractivity contribution >= 4 is 11.6 Å². The zero-order valence-electron chi connectivity index (χ0n) is 15.6. The summed E-state index contributed by atoms with van der Waals surface area (Å²) in [7, 11) is 0. The van der Waals surface area contributed by atoms with E-state index in [4.69, 9.17) is 4.98 Å². The van der Waals surface area contributed by atoms with Crippen molar-refractivity contribution in [2.75, 3.05) is 13.1 Å². The SMILES string of the molecule is Cc1cccc(Cc2c(C)nc3c(C(=O)N4CCCC4)cnn3c2C)c1. The van der Waals surface area contributed by atoms with Crippen molar-refractivity contribution in [2.45, 2.75) is 40.0 Å². The molecule has 2 aromatic heterocycles. The first kappa shape index (κ1) is 16.8. The molecule has 4 rings (SSSR count). The molecule has 1 fully saturated rings. The van der Waals surface area contributed by atoms with E-state index in [2.05, 4.69) is 43.2 Å². The first-order valence-electron chi connectivity index (χ1n) is 9.23. The molecule has 0 bridgehead atoms. The van der Waals surface area contributed by atoms with Crippen LogP contribution in [0.5, 0.6) is 0 Å². The van der Waals surface area contributed by atoms with Gasteiger partial charge in [-0.05, 0) is 44.7 Å². The third-order valence-corrected chi connectivity index (χ3v) is 5.30. The molecule has 0 spiro atoms. The standard InChI is InChI=1S/C21H24N4O/c1-14-7-6-8-17(11-14)12-18-15(2)23-20-19(13-22-25(20)16(18)3)21(26)24-9-4-5-10-24/h6-8,11,13H,4-5,9-10,12H2,1-3H3. The monoisotopic (exact) mass is 348 g/mol. The fourth-order valence-electron chi connectivity index (χ4n) is 3.83. The summed E-state index contributed by atoms with van der Waals surface area (Å²) in [6.45, 7) is 7.85. The highest BCUT2D eigenvalue weighted by Crippen LogP contribution is 2.22. The summed E-state index contributed by atoms with van der Waals surface area (Å²) in [5.41, 5.74) is 6.99. The summed E-state index contributed by atoms with van der Waals surface area (Å²) in [6, 6.07) is 8.53. The lowest BCUT2D eigenvalue weighted by molar-refractivity contribution is 0.0794. The van der Waals surface area contributed by atoms with Gasteiger partial charge in [-0.2, -0.15) is 5.10 Å². The average Bonchev–Trinajstić information content (AvgIpc) is 3.28. The summed E-state index contributed by atoms with van der Waals surface area (Å²) in [4.78, 5) is 19.5. The number of carbonyl (C=O) groups excluding carboxylic acids is 1. The van der Waals surface area contributed by atoms with Crippen LogP contribution in [0.2, 0.25) is 0 Å². The van der Waals surface area contributed by atoms with Crippen LogP contribution >= 0.6 is 0 Å². The fraction of sp³-hybridized carbons (Fsp3) is 0.381. The van der Waals surface area contributed by atoms with E-state index in [0.717, 1.165) is 43.7 Å². The van der Waals surface area contributed by atoms with Crippen LogP contribution in [0.3, 0.4) is 0 Å². The second-order valence-electron chi connectivity index (χ2n) is 7.22. The maximum absolute atomic E-state index is 12.8. The first-order chi connectivity index (χ1) is 12.5. The summed E-state index contributed by atoms with van der Waals surface area (Å²) in [5.74, 6) is 0.0511. The molecule has 1 saturated heterocycles. The van der Waals surface area contributed by atoms with Crippen molar-refractivity contribution in [3.8, 4) is 0 Å². The Labute approximate surface area is 153 Å². The van der Waals surface area contributed by atoms with E-state index in [1.54, 1.807) is 6.20 Å². The smallest absolute Gasteiger partial charge is 0.259 e. The molecule has 134 valence electrons. The van der Waals surface area contributed by atoms with Gasteiger partial charge in [0.15, 0.2) is 5.65 Å². The van der Waals surface area contributed by atoms with E-state index in [-0.39, 0.29) is 5.91 Å². The fourth-order valence-corrected chi connectivity index (χ4v) is 3.83. The molecule has 1 aromatic carbocycles. The van der Waals surface area contributed by atoms with Crippen LogP contribution in [0.1, 0.15) is 51.3 Å². The van der Waals surface area contributed by atoms with Crippen LogP contribution in [0, 0.1) is 20.8 Å². The number of hydrogen-bond donors (Lipinski definition) is 0. The van der Waals surface area contributed by atoms with Gasteiger partial charge < -0.3 is 4.90 Å². The molecule has 3 aromatic rings. The Morgan fingerprint density at radius 3 is 2.65 bits per heavy atom. The molecule has 5 heteroatoms. The van der Waals surface area contributed by atoms with Crippen molar-refractivity contribution in [3.05, 3.63) is 64.1 Å². The third-order valence-electron chi connectivity index (χ3n) is 5.30. The first-order valence-corrected chi connectivity index (χ1v) is 9.23. The Morgan fingerprint density at radius 1 is 1.15 bits per heavy atom. The second kappa shape index (κ2) is 6.56. The minimum Gasteiger partial charge on any atom is -0.338 e. The molecule has 26 heavy (non-hydrogen) atoms. The molecule has 0 atom stereocenters. The van der Waals surface area contributed by atoms with Gasteiger partial charge >= 0.3 is 0 Å². The summed E-state index contributed by atoms with van der Waals surface area (Å²) in [6.07, 6.45) is 4.65. The van der Waals surface area contributed by atoms with E-state index >= 15 is 0 Å². The number of likely N-dealkylation sites (tertiary alicyclic amines) is 1. The molecule has 3 heterocycles. The summed E-state index contributed by atoms with van der Waals surface area (Å²) in [5, 5.41) is 4.48. The normalized spacial score (nSPS) is 14.3. The zero-order valence-corrected chi connectivity index (χ0v) is 15.6. The number of fused-ring (bicyclic) bond motifs is 1. The van der Waals surface area contributed by atoms with E-state index in [0.29, 0.717) is 11.2 Å². The van der Waals surface area contributed by atoms with Crippen molar-refractivity contribution in [3.63, 3.8) is 0 Å². The van der Waals surface area contributed by atoms with Crippen molar-refractivity contribution in [1.82, 2.24) is 19.5 Å². The van der Waals surface area contributed by atoms with Gasteiger partial charge in [-0.15, -0.1) is 0 Å². The Balaban J connectivity index is 1.74. The predicted octanol–water partition coefficient (Wildman–Crippen LogP) is 3.48. The summed E-state index contributed by atoms with van der Waals surface area (Å²) >= 11 is 0. The van der Waals surface area contributed by atoms with Crippen LogP contribution in [-0.4, -0.2) is 38.5 Å². The second-order valence-corrected chi connectivity index (χ2v) is 7.22.